The molecule has 5 aromatic rings. The normalized spacial score (nSPS) is 12.1. The van der Waals surface area contributed by atoms with E-state index in [2.05, 4.69) is 83.1 Å². The minimum absolute atomic E-state index is 0.360. The summed E-state index contributed by atoms with van der Waals surface area (Å²) < 4.78 is 6.34. The first-order valence-electron chi connectivity index (χ1n) is 10.6. The van der Waals surface area contributed by atoms with Gasteiger partial charge in [0.05, 0.1) is 5.69 Å². The zero-order chi connectivity index (χ0) is 21.0. The van der Waals surface area contributed by atoms with Crippen LogP contribution in [0.3, 0.4) is 0 Å². The summed E-state index contributed by atoms with van der Waals surface area (Å²) >= 11 is 0. The lowest BCUT2D eigenvalue weighted by molar-refractivity contribution is 0.648. The molecule has 0 aliphatic carbocycles. The Morgan fingerprint density at radius 3 is 2.37 bits per heavy atom. The number of hydrogen-bond donors (Lipinski definition) is 0. The fourth-order valence-corrected chi connectivity index (χ4v) is 4.19. The highest BCUT2D eigenvalue weighted by Gasteiger charge is 2.17. The molecule has 30 heavy (non-hydrogen) atoms. The first kappa shape index (κ1) is 18.8. The Morgan fingerprint density at radius 2 is 1.60 bits per heavy atom. The van der Waals surface area contributed by atoms with E-state index in [1.807, 2.05) is 6.20 Å². The summed E-state index contributed by atoms with van der Waals surface area (Å²) in [6.07, 6.45) is 1.90. The van der Waals surface area contributed by atoms with Crippen LogP contribution in [-0.2, 0) is 0 Å². The molecule has 3 aromatic heterocycles. The Kier molecular flexibility index (Phi) is 4.35. The van der Waals surface area contributed by atoms with Crippen molar-refractivity contribution in [3.8, 4) is 11.3 Å². The molecule has 150 valence electrons. The highest BCUT2D eigenvalue weighted by Crippen LogP contribution is 2.38. The Balaban J connectivity index is 1.81. The molecule has 0 amide bonds. The van der Waals surface area contributed by atoms with Gasteiger partial charge in [-0.1, -0.05) is 45.9 Å². The molecule has 3 heterocycles. The number of nitrogens with zero attached hydrogens (tertiary/aromatic N) is 2. The molecular weight excluding hydrogens is 368 g/mol. The molecular formula is C27H26N2O. The van der Waals surface area contributed by atoms with Crippen LogP contribution >= 0.6 is 0 Å². The van der Waals surface area contributed by atoms with Crippen LogP contribution in [0.25, 0.3) is 44.1 Å². The minimum Gasteiger partial charge on any atom is -0.437 e. The van der Waals surface area contributed by atoms with Crippen molar-refractivity contribution >= 4 is 32.8 Å². The Bertz CT molecular complexity index is 1410. The number of aromatic nitrogens is 2. The molecule has 3 nitrogen and oxygen atoms in total. The summed E-state index contributed by atoms with van der Waals surface area (Å²) in [4.78, 5) is 9.56. The maximum absolute atomic E-state index is 6.34. The lowest BCUT2D eigenvalue weighted by Crippen LogP contribution is -1.91. The molecule has 0 bridgehead atoms. The second-order valence-corrected chi connectivity index (χ2v) is 8.83. The molecule has 0 radical (unpaired) electrons. The molecule has 0 aliphatic heterocycles. The van der Waals surface area contributed by atoms with E-state index in [0.717, 1.165) is 38.7 Å². The number of benzene rings is 2. The van der Waals surface area contributed by atoms with Crippen molar-refractivity contribution in [1.29, 1.82) is 0 Å². The van der Waals surface area contributed by atoms with E-state index in [9.17, 15) is 0 Å². The maximum Gasteiger partial charge on any atom is 0.227 e. The smallest absolute Gasteiger partial charge is 0.227 e. The fraction of sp³-hybridized carbons (Fsp3) is 0.259. The van der Waals surface area contributed by atoms with Gasteiger partial charge in [0.25, 0.3) is 0 Å². The predicted octanol–water partition coefficient (Wildman–Crippen LogP) is 7.75. The zero-order valence-corrected chi connectivity index (χ0v) is 18.2. The van der Waals surface area contributed by atoms with Crippen molar-refractivity contribution in [2.45, 2.75) is 46.5 Å². The van der Waals surface area contributed by atoms with Gasteiger partial charge in [-0.15, -0.1) is 0 Å². The van der Waals surface area contributed by atoms with Crippen LogP contribution < -0.4 is 0 Å². The summed E-state index contributed by atoms with van der Waals surface area (Å²) in [5.41, 5.74) is 7.11. The molecule has 3 heteroatoms. The van der Waals surface area contributed by atoms with E-state index >= 15 is 0 Å². The Hall–Kier alpha value is -3.20. The van der Waals surface area contributed by atoms with Crippen LogP contribution in [0.2, 0.25) is 0 Å². The molecule has 0 spiro atoms. The lowest BCUT2D eigenvalue weighted by Gasteiger charge is -2.11. The van der Waals surface area contributed by atoms with Crippen LogP contribution in [0.4, 0.5) is 0 Å². The number of aryl methyl sites for hydroxylation is 1. The van der Waals surface area contributed by atoms with Gasteiger partial charge < -0.3 is 4.42 Å². The number of furan rings is 1. The van der Waals surface area contributed by atoms with Gasteiger partial charge in [0.1, 0.15) is 5.58 Å². The molecule has 0 saturated carbocycles. The molecule has 0 unspecified atom stereocenters. The summed E-state index contributed by atoms with van der Waals surface area (Å²) in [6, 6.07) is 17.4. The van der Waals surface area contributed by atoms with Crippen LogP contribution in [-0.4, -0.2) is 9.97 Å². The van der Waals surface area contributed by atoms with E-state index in [1.54, 1.807) is 0 Å². The van der Waals surface area contributed by atoms with Crippen molar-refractivity contribution in [3.05, 3.63) is 71.5 Å². The largest absolute Gasteiger partial charge is 0.437 e. The second kappa shape index (κ2) is 6.94. The quantitative estimate of drug-likeness (QED) is 0.314. The standard InChI is InChI=1S/C27H26N2O/c1-15(2)18-6-7-20-19(14-18)10-11-28-25(20)23-13-17(5)12-22-21-8-9-24(16(3)4)29-27(21)30-26(22)23/h6-16H,1-5H3. The second-order valence-electron chi connectivity index (χ2n) is 8.83. The van der Waals surface area contributed by atoms with E-state index in [4.69, 9.17) is 14.4 Å². The number of pyridine rings is 2. The number of hydrogen-bond acceptors (Lipinski definition) is 3. The van der Waals surface area contributed by atoms with Crippen molar-refractivity contribution < 1.29 is 4.42 Å². The van der Waals surface area contributed by atoms with Gasteiger partial charge in [-0.2, -0.15) is 0 Å². The van der Waals surface area contributed by atoms with Crippen molar-refractivity contribution in [1.82, 2.24) is 9.97 Å². The van der Waals surface area contributed by atoms with E-state index in [1.165, 1.54) is 16.5 Å². The van der Waals surface area contributed by atoms with Gasteiger partial charge in [-0.25, -0.2) is 4.98 Å². The molecule has 0 saturated heterocycles. The average Bonchev–Trinajstić information content (AvgIpc) is 3.10. The Labute approximate surface area is 176 Å². The highest BCUT2D eigenvalue weighted by atomic mass is 16.3. The van der Waals surface area contributed by atoms with Gasteiger partial charge in [0, 0.05) is 33.6 Å². The number of fused-ring (bicyclic) bond motifs is 4. The summed E-state index contributed by atoms with van der Waals surface area (Å²) in [5, 5.41) is 4.50. The third-order valence-electron chi connectivity index (χ3n) is 5.91. The highest BCUT2D eigenvalue weighted by molar-refractivity contribution is 6.11. The van der Waals surface area contributed by atoms with E-state index < -0.39 is 0 Å². The fourth-order valence-electron chi connectivity index (χ4n) is 4.19. The van der Waals surface area contributed by atoms with E-state index in [-0.39, 0.29) is 0 Å². The zero-order valence-electron chi connectivity index (χ0n) is 18.2. The van der Waals surface area contributed by atoms with Crippen LogP contribution in [0.5, 0.6) is 0 Å². The first-order chi connectivity index (χ1) is 14.4. The van der Waals surface area contributed by atoms with Gasteiger partial charge >= 0.3 is 0 Å². The van der Waals surface area contributed by atoms with Gasteiger partial charge in [0.2, 0.25) is 5.71 Å². The number of rotatable bonds is 3. The molecule has 0 atom stereocenters. The van der Waals surface area contributed by atoms with Crippen molar-refractivity contribution in [2.75, 3.05) is 0 Å². The average molecular weight is 395 g/mol. The Morgan fingerprint density at radius 1 is 0.800 bits per heavy atom. The molecule has 5 rings (SSSR count). The van der Waals surface area contributed by atoms with Gasteiger partial charge in [-0.3, -0.25) is 4.98 Å². The summed E-state index contributed by atoms with van der Waals surface area (Å²) in [5.74, 6) is 0.854. The van der Waals surface area contributed by atoms with Crippen LogP contribution in [0.15, 0.2) is 59.1 Å². The molecule has 2 aromatic carbocycles. The van der Waals surface area contributed by atoms with Crippen molar-refractivity contribution in [2.24, 2.45) is 0 Å². The van der Waals surface area contributed by atoms with Crippen molar-refractivity contribution in [3.63, 3.8) is 0 Å². The first-order valence-corrected chi connectivity index (χ1v) is 10.6. The van der Waals surface area contributed by atoms with E-state index in [0.29, 0.717) is 17.5 Å². The third kappa shape index (κ3) is 2.97. The minimum atomic E-state index is 0.360. The topological polar surface area (TPSA) is 38.9 Å². The lowest BCUT2D eigenvalue weighted by atomic mass is 9.96. The molecule has 0 aliphatic rings. The van der Waals surface area contributed by atoms with Gasteiger partial charge in [0.15, 0.2) is 0 Å². The SMILES string of the molecule is Cc1cc(-c2nccc3cc(C(C)C)ccc23)c2oc3nc(C(C)C)ccc3c2c1. The molecule has 0 N–H and O–H groups in total. The summed E-state index contributed by atoms with van der Waals surface area (Å²) in [6.45, 7) is 10.9. The predicted molar refractivity (Wildman–Crippen MR) is 125 cm³/mol. The monoisotopic (exact) mass is 394 g/mol. The summed E-state index contributed by atoms with van der Waals surface area (Å²) in [7, 11) is 0. The molecule has 0 fully saturated rings. The van der Waals surface area contributed by atoms with Crippen LogP contribution in [0, 0.1) is 6.92 Å². The van der Waals surface area contributed by atoms with Gasteiger partial charge in [-0.05, 0) is 65.6 Å². The van der Waals surface area contributed by atoms with Crippen LogP contribution in [0.1, 0.15) is 56.4 Å². The third-order valence-corrected chi connectivity index (χ3v) is 5.91. The maximum atomic E-state index is 6.34.